The van der Waals surface area contributed by atoms with E-state index in [0.717, 1.165) is 4.90 Å². The van der Waals surface area contributed by atoms with E-state index in [0.29, 0.717) is 5.33 Å². The van der Waals surface area contributed by atoms with Crippen LogP contribution < -0.4 is 0 Å². The highest BCUT2D eigenvalue weighted by atomic mass is 79.9. The van der Waals surface area contributed by atoms with Gasteiger partial charge in [-0.05, 0) is 0 Å². The maximum absolute atomic E-state index is 11.9. The molecule has 13 heavy (non-hydrogen) atoms. The summed E-state index contributed by atoms with van der Waals surface area (Å²) in [6.07, 6.45) is -4.21. The van der Waals surface area contributed by atoms with Gasteiger partial charge in [-0.1, -0.05) is 22.9 Å². The van der Waals surface area contributed by atoms with Gasteiger partial charge in [-0.3, -0.25) is 4.79 Å². The lowest BCUT2D eigenvalue weighted by Crippen LogP contribution is -2.39. The molecule has 0 spiro atoms. The molecule has 0 aliphatic heterocycles. The highest BCUT2D eigenvalue weighted by Crippen LogP contribution is 2.16. The van der Waals surface area contributed by atoms with E-state index < -0.39 is 18.6 Å². The maximum atomic E-state index is 11.9. The normalized spacial score (nSPS) is 11.5. The molecule has 78 valence electrons. The molecule has 0 unspecified atom stereocenters. The van der Waals surface area contributed by atoms with E-state index in [1.807, 2.05) is 0 Å². The van der Waals surface area contributed by atoms with Gasteiger partial charge in [-0.2, -0.15) is 13.2 Å². The Balaban J connectivity index is 4.17. The van der Waals surface area contributed by atoms with Crippen molar-refractivity contribution in [3.05, 3.63) is 0 Å². The lowest BCUT2D eigenvalue weighted by atomic mass is 10.4. The summed E-state index contributed by atoms with van der Waals surface area (Å²) in [6.45, 7) is 0.470. The van der Waals surface area contributed by atoms with Crippen LogP contribution in [-0.2, 0) is 4.79 Å². The minimum absolute atomic E-state index is 0.0895. The second-order valence-electron chi connectivity index (χ2n) is 2.47. The first-order chi connectivity index (χ1) is 5.90. The fraction of sp³-hybridized carbons (Fsp3) is 0.857. The molecule has 0 aromatic heterocycles. The van der Waals surface area contributed by atoms with E-state index in [1.165, 1.54) is 0 Å². The van der Waals surface area contributed by atoms with Gasteiger partial charge in [0.2, 0.25) is 5.91 Å². The van der Waals surface area contributed by atoms with E-state index in [9.17, 15) is 18.0 Å². The van der Waals surface area contributed by atoms with E-state index in [4.69, 9.17) is 0 Å². The number of hydrogen-bond acceptors (Lipinski definition) is 1. The third kappa shape index (κ3) is 5.90. The average molecular weight is 262 g/mol. The second kappa shape index (κ2) is 5.47. The zero-order chi connectivity index (χ0) is 10.5. The zero-order valence-electron chi connectivity index (χ0n) is 7.20. The summed E-state index contributed by atoms with van der Waals surface area (Å²) >= 11 is 2.99. The summed E-state index contributed by atoms with van der Waals surface area (Å²) in [5.74, 6) is -0.475. The number of amides is 1. The van der Waals surface area contributed by atoms with Crippen molar-refractivity contribution in [3.63, 3.8) is 0 Å². The molecule has 0 fully saturated rings. The summed E-state index contributed by atoms with van der Waals surface area (Å²) in [5.41, 5.74) is 0. The van der Waals surface area contributed by atoms with Gasteiger partial charge < -0.3 is 4.90 Å². The van der Waals surface area contributed by atoms with Crippen LogP contribution in [0.15, 0.2) is 0 Å². The fourth-order valence-corrected chi connectivity index (χ4v) is 1.26. The SMILES string of the molecule is CCC(=O)N(CCBr)CC(F)(F)F. The van der Waals surface area contributed by atoms with E-state index >= 15 is 0 Å². The molecule has 0 aromatic rings. The van der Waals surface area contributed by atoms with Crippen molar-refractivity contribution in [1.29, 1.82) is 0 Å². The monoisotopic (exact) mass is 261 g/mol. The third-order valence-electron chi connectivity index (χ3n) is 1.38. The molecule has 0 aromatic carbocycles. The number of rotatable bonds is 4. The predicted molar refractivity (Wildman–Crippen MR) is 46.7 cm³/mol. The highest BCUT2D eigenvalue weighted by Gasteiger charge is 2.31. The summed E-state index contributed by atoms with van der Waals surface area (Å²) in [4.78, 5) is 11.8. The first-order valence-electron chi connectivity index (χ1n) is 3.81. The largest absolute Gasteiger partial charge is 0.406 e. The van der Waals surface area contributed by atoms with Gasteiger partial charge in [0.15, 0.2) is 0 Å². The Bertz CT molecular complexity index is 172. The quantitative estimate of drug-likeness (QED) is 0.711. The average Bonchev–Trinajstić information content (AvgIpc) is 2.00. The molecule has 2 nitrogen and oxygen atoms in total. The van der Waals surface area contributed by atoms with Crippen molar-refractivity contribution in [2.75, 3.05) is 18.4 Å². The molecule has 0 heterocycles. The third-order valence-corrected chi connectivity index (χ3v) is 1.73. The summed E-state index contributed by atoms with van der Waals surface area (Å²) in [6, 6.07) is 0. The lowest BCUT2D eigenvalue weighted by molar-refractivity contribution is -0.160. The van der Waals surface area contributed by atoms with E-state index in [1.54, 1.807) is 6.92 Å². The number of halogens is 4. The number of alkyl halides is 4. The number of carbonyl (C=O) groups excluding carboxylic acids is 1. The van der Waals surface area contributed by atoms with Crippen LogP contribution in [0.3, 0.4) is 0 Å². The topological polar surface area (TPSA) is 20.3 Å². The molecule has 0 atom stereocenters. The number of hydrogen-bond donors (Lipinski definition) is 0. The van der Waals surface area contributed by atoms with Crippen LogP contribution in [0.25, 0.3) is 0 Å². The van der Waals surface area contributed by atoms with Gasteiger partial charge in [-0.25, -0.2) is 0 Å². The van der Waals surface area contributed by atoms with Gasteiger partial charge in [0.05, 0.1) is 0 Å². The summed E-state index contributed by atoms with van der Waals surface area (Å²) in [5, 5.41) is 0.356. The minimum Gasteiger partial charge on any atom is -0.333 e. The predicted octanol–water partition coefficient (Wildman–Crippen LogP) is 2.18. The lowest BCUT2D eigenvalue weighted by Gasteiger charge is -2.22. The van der Waals surface area contributed by atoms with Crippen molar-refractivity contribution in [2.24, 2.45) is 0 Å². The molecular formula is C7H11BrF3NO. The molecule has 0 N–H and O–H groups in total. The molecule has 0 radical (unpaired) electrons. The molecular weight excluding hydrogens is 251 g/mol. The summed E-state index contributed by atoms with van der Waals surface area (Å²) < 4.78 is 35.7. The van der Waals surface area contributed by atoms with Crippen LogP contribution in [0.1, 0.15) is 13.3 Å². The van der Waals surface area contributed by atoms with Crippen LogP contribution >= 0.6 is 15.9 Å². The maximum Gasteiger partial charge on any atom is 0.406 e. The Morgan fingerprint density at radius 1 is 1.46 bits per heavy atom. The van der Waals surface area contributed by atoms with Crippen molar-refractivity contribution in [3.8, 4) is 0 Å². The van der Waals surface area contributed by atoms with Crippen molar-refractivity contribution < 1.29 is 18.0 Å². The molecule has 0 saturated heterocycles. The molecule has 0 rings (SSSR count). The second-order valence-corrected chi connectivity index (χ2v) is 3.27. The fourth-order valence-electron chi connectivity index (χ4n) is 0.834. The van der Waals surface area contributed by atoms with Gasteiger partial charge in [-0.15, -0.1) is 0 Å². The number of nitrogens with zero attached hydrogens (tertiary/aromatic N) is 1. The van der Waals surface area contributed by atoms with E-state index in [2.05, 4.69) is 15.9 Å². The van der Waals surface area contributed by atoms with Gasteiger partial charge >= 0.3 is 6.18 Å². The molecule has 1 amide bonds. The van der Waals surface area contributed by atoms with Gasteiger partial charge in [0.25, 0.3) is 0 Å². The van der Waals surface area contributed by atoms with Crippen molar-refractivity contribution >= 4 is 21.8 Å². The van der Waals surface area contributed by atoms with Crippen LogP contribution in [-0.4, -0.2) is 35.4 Å². The first-order valence-corrected chi connectivity index (χ1v) is 4.93. The van der Waals surface area contributed by atoms with Crippen molar-refractivity contribution in [1.82, 2.24) is 4.90 Å². The Hall–Kier alpha value is -0.260. The first kappa shape index (κ1) is 12.7. The standard InChI is InChI=1S/C7H11BrF3NO/c1-2-6(13)12(4-3-8)5-7(9,10)11/h2-5H2,1H3. The molecule has 6 heteroatoms. The van der Waals surface area contributed by atoms with Crippen LogP contribution in [0.4, 0.5) is 13.2 Å². The summed E-state index contributed by atoms with van der Waals surface area (Å²) in [7, 11) is 0. The Morgan fingerprint density at radius 3 is 2.31 bits per heavy atom. The van der Waals surface area contributed by atoms with Crippen LogP contribution in [0.5, 0.6) is 0 Å². The minimum atomic E-state index is -4.31. The van der Waals surface area contributed by atoms with Crippen LogP contribution in [0.2, 0.25) is 0 Å². The molecule has 0 saturated carbocycles. The van der Waals surface area contributed by atoms with E-state index in [-0.39, 0.29) is 13.0 Å². The Kier molecular flexibility index (Phi) is 5.36. The van der Waals surface area contributed by atoms with Gasteiger partial charge in [0.1, 0.15) is 6.54 Å². The Morgan fingerprint density at radius 2 is 2.00 bits per heavy atom. The number of carbonyl (C=O) groups is 1. The Labute approximate surface area is 83.2 Å². The smallest absolute Gasteiger partial charge is 0.333 e. The van der Waals surface area contributed by atoms with Crippen molar-refractivity contribution in [2.45, 2.75) is 19.5 Å². The highest BCUT2D eigenvalue weighted by molar-refractivity contribution is 9.09. The molecule has 0 bridgehead atoms. The zero-order valence-corrected chi connectivity index (χ0v) is 8.78. The molecule has 0 aliphatic carbocycles. The van der Waals surface area contributed by atoms with Gasteiger partial charge in [0, 0.05) is 18.3 Å². The molecule has 0 aliphatic rings. The van der Waals surface area contributed by atoms with Crippen LogP contribution in [0, 0.1) is 0 Å².